The Kier molecular flexibility index (Phi) is 5.49. The van der Waals surface area contributed by atoms with Gasteiger partial charge in [0, 0.05) is 11.9 Å². The molecule has 0 unspecified atom stereocenters. The minimum absolute atomic E-state index is 0.186. The Balaban J connectivity index is 1.56. The minimum Gasteiger partial charge on any atom is -0.496 e. The Morgan fingerprint density at radius 2 is 1.77 bits per heavy atom. The van der Waals surface area contributed by atoms with Crippen LogP contribution in [0.25, 0.3) is 16.5 Å². The third kappa shape index (κ3) is 4.16. The largest absolute Gasteiger partial charge is 0.496 e. The number of aromatic nitrogens is 1. The van der Waals surface area contributed by atoms with Crippen molar-refractivity contribution in [3.05, 3.63) is 95.8 Å². The van der Waals surface area contributed by atoms with Crippen LogP contribution in [0.5, 0.6) is 5.75 Å². The molecule has 2 N–H and O–H groups in total. The van der Waals surface area contributed by atoms with E-state index in [4.69, 9.17) is 4.74 Å². The van der Waals surface area contributed by atoms with E-state index in [1.54, 1.807) is 41.1 Å². The number of hydrogen-bond acceptors (Lipinski definition) is 4. The first-order valence-electron chi connectivity index (χ1n) is 9.48. The summed E-state index contributed by atoms with van der Waals surface area (Å²) in [6, 6.07) is 21.5. The minimum atomic E-state index is -0.999. The highest BCUT2D eigenvalue weighted by molar-refractivity contribution is 6.02. The quantitative estimate of drug-likeness (QED) is 0.368. The highest BCUT2D eigenvalue weighted by Gasteiger charge is 2.13. The molecule has 0 fully saturated rings. The van der Waals surface area contributed by atoms with E-state index in [0.29, 0.717) is 22.7 Å². The van der Waals surface area contributed by atoms with Crippen molar-refractivity contribution in [1.82, 2.24) is 9.99 Å². The molecule has 0 atom stereocenters. The number of benzene rings is 3. The van der Waals surface area contributed by atoms with Crippen molar-refractivity contribution in [2.24, 2.45) is 5.10 Å². The Hall–Kier alpha value is -4.39. The SMILES string of the molecule is COc1cc2ccccc2cc1C(=O)N/N=C\c1cccn1-c1cccc(C(=O)O)c1. The molecule has 0 radical (unpaired) electrons. The van der Waals surface area contributed by atoms with Gasteiger partial charge in [0.1, 0.15) is 5.75 Å². The number of fused-ring (bicyclic) bond motifs is 1. The fourth-order valence-corrected chi connectivity index (χ4v) is 3.31. The molecule has 1 aromatic heterocycles. The average molecular weight is 413 g/mol. The van der Waals surface area contributed by atoms with Crippen molar-refractivity contribution in [3.8, 4) is 11.4 Å². The molecule has 4 rings (SSSR count). The van der Waals surface area contributed by atoms with Gasteiger partial charge in [0.05, 0.1) is 30.1 Å². The van der Waals surface area contributed by atoms with Crippen LogP contribution in [-0.2, 0) is 0 Å². The molecular weight excluding hydrogens is 394 g/mol. The van der Waals surface area contributed by atoms with Crippen LogP contribution in [0, 0.1) is 0 Å². The van der Waals surface area contributed by atoms with Crippen molar-refractivity contribution in [2.45, 2.75) is 0 Å². The second-order valence-electron chi connectivity index (χ2n) is 6.76. The molecule has 31 heavy (non-hydrogen) atoms. The van der Waals surface area contributed by atoms with E-state index < -0.39 is 11.9 Å². The number of nitrogens with one attached hydrogen (secondary N) is 1. The number of carbonyl (C=O) groups excluding carboxylic acids is 1. The summed E-state index contributed by atoms with van der Waals surface area (Å²) in [6.45, 7) is 0. The number of hydrogen-bond donors (Lipinski definition) is 2. The zero-order chi connectivity index (χ0) is 21.8. The second-order valence-corrected chi connectivity index (χ2v) is 6.76. The number of carboxylic acid groups (broad SMARTS) is 1. The monoisotopic (exact) mass is 413 g/mol. The summed E-state index contributed by atoms with van der Waals surface area (Å²) >= 11 is 0. The maximum Gasteiger partial charge on any atom is 0.335 e. The van der Waals surface area contributed by atoms with Gasteiger partial charge in [-0.15, -0.1) is 0 Å². The van der Waals surface area contributed by atoms with Crippen LogP contribution in [0.2, 0.25) is 0 Å². The number of hydrazone groups is 1. The Morgan fingerprint density at radius 1 is 1.00 bits per heavy atom. The third-order valence-electron chi connectivity index (χ3n) is 4.83. The molecule has 0 aliphatic heterocycles. The van der Waals surface area contributed by atoms with Gasteiger partial charge in [-0.2, -0.15) is 5.10 Å². The highest BCUT2D eigenvalue weighted by atomic mass is 16.5. The number of carboxylic acids is 1. The third-order valence-corrected chi connectivity index (χ3v) is 4.83. The summed E-state index contributed by atoms with van der Waals surface area (Å²) in [6.07, 6.45) is 3.29. The van der Waals surface area contributed by atoms with Gasteiger partial charge in [-0.05, 0) is 53.2 Å². The molecule has 1 heterocycles. The van der Waals surface area contributed by atoms with Crippen LogP contribution >= 0.6 is 0 Å². The van der Waals surface area contributed by atoms with Crippen LogP contribution in [0.4, 0.5) is 0 Å². The lowest BCUT2D eigenvalue weighted by atomic mass is 10.1. The van der Waals surface area contributed by atoms with Gasteiger partial charge >= 0.3 is 5.97 Å². The van der Waals surface area contributed by atoms with E-state index in [1.807, 2.05) is 36.4 Å². The van der Waals surface area contributed by atoms with E-state index in [0.717, 1.165) is 10.8 Å². The van der Waals surface area contributed by atoms with Crippen LogP contribution in [0.15, 0.2) is 84.1 Å². The zero-order valence-corrected chi connectivity index (χ0v) is 16.6. The normalized spacial score (nSPS) is 11.0. The summed E-state index contributed by atoms with van der Waals surface area (Å²) < 4.78 is 7.15. The standard InChI is InChI=1S/C24H19N3O4/c1-31-22-14-17-7-3-2-6-16(17)13-21(22)23(28)26-25-15-20-10-5-11-27(20)19-9-4-8-18(12-19)24(29)30/h2-15H,1H3,(H,26,28)(H,29,30)/b25-15-. The van der Waals surface area contributed by atoms with Crippen molar-refractivity contribution in [2.75, 3.05) is 7.11 Å². The zero-order valence-electron chi connectivity index (χ0n) is 16.6. The molecule has 0 aliphatic carbocycles. The number of aromatic carboxylic acids is 1. The van der Waals surface area contributed by atoms with Gasteiger partial charge in [-0.3, -0.25) is 4.79 Å². The average Bonchev–Trinajstić information content (AvgIpc) is 3.26. The Labute approximate surface area is 178 Å². The smallest absolute Gasteiger partial charge is 0.335 e. The lowest BCUT2D eigenvalue weighted by molar-refractivity contribution is 0.0696. The van der Waals surface area contributed by atoms with E-state index in [9.17, 15) is 14.7 Å². The first-order valence-corrected chi connectivity index (χ1v) is 9.48. The Bertz CT molecular complexity index is 1310. The van der Waals surface area contributed by atoms with Gasteiger partial charge in [0.25, 0.3) is 5.91 Å². The lowest BCUT2D eigenvalue weighted by Crippen LogP contribution is -2.18. The topological polar surface area (TPSA) is 92.9 Å². The summed E-state index contributed by atoms with van der Waals surface area (Å²) in [7, 11) is 1.52. The first-order chi connectivity index (χ1) is 15.1. The van der Waals surface area contributed by atoms with E-state index in [1.165, 1.54) is 19.4 Å². The Morgan fingerprint density at radius 3 is 2.52 bits per heavy atom. The van der Waals surface area contributed by atoms with Gasteiger partial charge in [-0.1, -0.05) is 30.3 Å². The van der Waals surface area contributed by atoms with E-state index in [2.05, 4.69) is 10.5 Å². The molecule has 0 bridgehead atoms. The predicted octanol–water partition coefficient (Wildman–Crippen LogP) is 4.10. The fourth-order valence-electron chi connectivity index (χ4n) is 3.31. The maximum atomic E-state index is 12.7. The number of amides is 1. The van der Waals surface area contributed by atoms with E-state index >= 15 is 0 Å². The molecular formula is C24H19N3O4. The van der Waals surface area contributed by atoms with Crippen molar-refractivity contribution in [1.29, 1.82) is 0 Å². The van der Waals surface area contributed by atoms with Crippen molar-refractivity contribution >= 4 is 28.9 Å². The second kappa shape index (κ2) is 8.54. The summed E-state index contributed by atoms with van der Waals surface area (Å²) in [5.74, 6) is -0.939. The number of methoxy groups -OCH3 is 1. The molecule has 0 saturated heterocycles. The number of rotatable bonds is 6. The van der Waals surface area contributed by atoms with E-state index in [-0.39, 0.29) is 5.56 Å². The summed E-state index contributed by atoms with van der Waals surface area (Å²) in [5, 5.41) is 15.2. The lowest BCUT2D eigenvalue weighted by Gasteiger charge is -2.09. The van der Waals surface area contributed by atoms with Gasteiger partial charge in [0.2, 0.25) is 0 Å². The number of ether oxygens (including phenoxy) is 1. The predicted molar refractivity (Wildman–Crippen MR) is 118 cm³/mol. The molecule has 7 nitrogen and oxygen atoms in total. The molecule has 0 aliphatic rings. The maximum absolute atomic E-state index is 12.7. The summed E-state index contributed by atoms with van der Waals surface area (Å²) in [4.78, 5) is 23.9. The van der Waals surface area contributed by atoms with Crippen LogP contribution in [-0.4, -0.2) is 34.9 Å². The molecule has 3 aromatic carbocycles. The van der Waals surface area contributed by atoms with Gasteiger partial charge < -0.3 is 14.4 Å². The van der Waals surface area contributed by atoms with Crippen molar-refractivity contribution < 1.29 is 19.4 Å². The molecule has 1 amide bonds. The van der Waals surface area contributed by atoms with Gasteiger partial charge in [0.15, 0.2) is 0 Å². The fraction of sp³-hybridized carbons (Fsp3) is 0.0417. The molecule has 0 saturated carbocycles. The highest BCUT2D eigenvalue weighted by Crippen LogP contribution is 2.25. The molecule has 4 aromatic rings. The van der Waals surface area contributed by atoms with Gasteiger partial charge in [-0.25, -0.2) is 10.2 Å². The molecule has 0 spiro atoms. The summed E-state index contributed by atoms with van der Waals surface area (Å²) in [5.41, 5.74) is 4.44. The van der Waals surface area contributed by atoms with Crippen LogP contribution in [0.1, 0.15) is 26.4 Å². The molecule has 154 valence electrons. The number of nitrogens with zero attached hydrogens (tertiary/aromatic N) is 2. The van der Waals surface area contributed by atoms with Crippen LogP contribution < -0.4 is 10.2 Å². The van der Waals surface area contributed by atoms with Crippen LogP contribution in [0.3, 0.4) is 0 Å². The van der Waals surface area contributed by atoms with Crippen molar-refractivity contribution in [3.63, 3.8) is 0 Å². The first kappa shape index (κ1) is 19.9. The molecule has 7 heteroatoms. The number of carbonyl (C=O) groups is 2.